The van der Waals surface area contributed by atoms with E-state index in [2.05, 4.69) is 5.32 Å². The molecule has 2 aliphatic rings. The molecule has 1 N–H and O–H groups in total. The van der Waals surface area contributed by atoms with E-state index >= 15 is 0 Å². The average molecular weight is 305 g/mol. The molecule has 0 radical (unpaired) electrons. The van der Waals surface area contributed by atoms with Crippen molar-refractivity contribution < 1.29 is 23.8 Å². The zero-order chi connectivity index (χ0) is 15.5. The Morgan fingerprint density at radius 3 is 2.50 bits per heavy atom. The second-order valence-corrected chi connectivity index (χ2v) is 5.57. The molecule has 1 aliphatic carbocycles. The SMILES string of the molecule is COC(=O)c1cc2c(cc1NC(=O)C1CCCCC1)OCO2. The number of carbonyl (C=O) groups is 2. The predicted molar refractivity (Wildman–Crippen MR) is 79.1 cm³/mol. The minimum Gasteiger partial charge on any atom is -0.465 e. The molecule has 0 bridgehead atoms. The highest BCUT2D eigenvalue weighted by Crippen LogP contribution is 2.37. The van der Waals surface area contributed by atoms with E-state index in [0.717, 1.165) is 25.7 Å². The Kier molecular flexibility index (Phi) is 4.18. The summed E-state index contributed by atoms with van der Waals surface area (Å²) in [5, 5.41) is 2.85. The molecule has 6 nitrogen and oxygen atoms in total. The van der Waals surface area contributed by atoms with Crippen LogP contribution in [0.1, 0.15) is 42.5 Å². The molecular weight excluding hydrogens is 286 g/mol. The molecular formula is C16H19NO5. The second-order valence-electron chi connectivity index (χ2n) is 5.57. The monoisotopic (exact) mass is 305 g/mol. The molecule has 0 aromatic heterocycles. The minimum absolute atomic E-state index is 0.00432. The Morgan fingerprint density at radius 1 is 1.14 bits per heavy atom. The Hall–Kier alpha value is -2.24. The standard InChI is InChI=1S/C16H19NO5/c1-20-16(19)11-7-13-14(22-9-21-13)8-12(11)17-15(18)10-5-3-2-4-6-10/h7-8,10H,2-6,9H2,1H3,(H,17,18). The smallest absolute Gasteiger partial charge is 0.340 e. The third-order valence-electron chi connectivity index (χ3n) is 4.15. The molecule has 1 aromatic rings. The number of amides is 1. The lowest BCUT2D eigenvalue weighted by Crippen LogP contribution is -2.25. The molecule has 1 heterocycles. The Morgan fingerprint density at radius 2 is 1.82 bits per heavy atom. The van der Waals surface area contributed by atoms with Gasteiger partial charge in [-0.25, -0.2) is 4.79 Å². The van der Waals surface area contributed by atoms with Crippen LogP contribution in [0.15, 0.2) is 12.1 Å². The lowest BCUT2D eigenvalue weighted by molar-refractivity contribution is -0.120. The van der Waals surface area contributed by atoms with Gasteiger partial charge in [0.25, 0.3) is 0 Å². The van der Waals surface area contributed by atoms with Gasteiger partial charge in [-0.15, -0.1) is 0 Å². The van der Waals surface area contributed by atoms with Crippen molar-refractivity contribution in [2.75, 3.05) is 19.2 Å². The van der Waals surface area contributed by atoms with E-state index in [-0.39, 0.29) is 24.2 Å². The molecule has 0 saturated heterocycles. The summed E-state index contributed by atoms with van der Waals surface area (Å²) in [5.74, 6) is 0.438. The molecule has 6 heteroatoms. The fraction of sp³-hybridized carbons (Fsp3) is 0.500. The first-order valence-corrected chi connectivity index (χ1v) is 7.52. The van der Waals surface area contributed by atoms with Gasteiger partial charge in [0.2, 0.25) is 12.7 Å². The van der Waals surface area contributed by atoms with Gasteiger partial charge < -0.3 is 19.5 Å². The molecule has 1 saturated carbocycles. The number of carbonyl (C=O) groups excluding carboxylic acids is 2. The number of nitrogens with one attached hydrogen (secondary N) is 1. The third kappa shape index (κ3) is 2.86. The maximum atomic E-state index is 12.4. The van der Waals surface area contributed by atoms with Crippen molar-refractivity contribution in [3.05, 3.63) is 17.7 Å². The van der Waals surface area contributed by atoms with E-state index < -0.39 is 5.97 Å². The first-order valence-electron chi connectivity index (χ1n) is 7.52. The number of fused-ring (bicyclic) bond motifs is 1. The Labute approximate surface area is 128 Å². The van der Waals surface area contributed by atoms with E-state index in [0.29, 0.717) is 17.2 Å². The zero-order valence-electron chi connectivity index (χ0n) is 12.5. The molecule has 0 spiro atoms. The fourth-order valence-corrected chi connectivity index (χ4v) is 2.92. The van der Waals surface area contributed by atoms with Crippen LogP contribution in [0.5, 0.6) is 11.5 Å². The third-order valence-corrected chi connectivity index (χ3v) is 4.15. The van der Waals surface area contributed by atoms with Crippen molar-refractivity contribution in [1.29, 1.82) is 0 Å². The molecule has 3 rings (SSSR count). The maximum absolute atomic E-state index is 12.4. The van der Waals surface area contributed by atoms with Crippen LogP contribution >= 0.6 is 0 Å². The Balaban J connectivity index is 1.85. The summed E-state index contributed by atoms with van der Waals surface area (Å²) in [4.78, 5) is 24.3. The largest absolute Gasteiger partial charge is 0.465 e. The maximum Gasteiger partial charge on any atom is 0.340 e. The topological polar surface area (TPSA) is 73.9 Å². The first-order chi connectivity index (χ1) is 10.7. The molecule has 0 atom stereocenters. The normalized spacial score (nSPS) is 17.1. The molecule has 118 valence electrons. The predicted octanol–water partition coefficient (Wildman–Crippen LogP) is 2.72. The molecule has 1 amide bonds. The molecule has 1 aromatic carbocycles. The lowest BCUT2D eigenvalue weighted by atomic mass is 9.88. The number of esters is 1. The number of hydrogen-bond donors (Lipinski definition) is 1. The van der Waals surface area contributed by atoms with Crippen LogP contribution in [0.3, 0.4) is 0 Å². The van der Waals surface area contributed by atoms with Crippen LogP contribution in [-0.2, 0) is 9.53 Å². The van der Waals surface area contributed by atoms with Gasteiger partial charge in [-0.3, -0.25) is 4.79 Å². The van der Waals surface area contributed by atoms with Gasteiger partial charge in [-0.1, -0.05) is 19.3 Å². The van der Waals surface area contributed by atoms with Crippen LogP contribution in [0.2, 0.25) is 0 Å². The van der Waals surface area contributed by atoms with Gasteiger partial charge in [-0.05, 0) is 12.8 Å². The number of benzene rings is 1. The number of anilines is 1. The zero-order valence-corrected chi connectivity index (χ0v) is 12.5. The summed E-state index contributed by atoms with van der Waals surface area (Å²) >= 11 is 0. The van der Waals surface area contributed by atoms with Crippen molar-refractivity contribution >= 4 is 17.6 Å². The number of hydrogen-bond acceptors (Lipinski definition) is 5. The molecule has 1 fully saturated rings. The minimum atomic E-state index is -0.516. The molecule has 0 unspecified atom stereocenters. The summed E-state index contributed by atoms with van der Waals surface area (Å²) < 4.78 is 15.4. The summed E-state index contributed by atoms with van der Waals surface area (Å²) in [6.07, 6.45) is 5.11. The van der Waals surface area contributed by atoms with Crippen LogP contribution in [0.25, 0.3) is 0 Å². The second kappa shape index (κ2) is 6.25. The van der Waals surface area contributed by atoms with E-state index in [1.54, 1.807) is 12.1 Å². The highest BCUT2D eigenvalue weighted by Gasteiger charge is 2.25. The van der Waals surface area contributed by atoms with Crippen LogP contribution in [0, 0.1) is 5.92 Å². The van der Waals surface area contributed by atoms with Crippen LogP contribution in [-0.4, -0.2) is 25.8 Å². The highest BCUT2D eigenvalue weighted by molar-refractivity contribution is 6.02. The fourth-order valence-electron chi connectivity index (χ4n) is 2.92. The van der Waals surface area contributed by atoms with E-state index in [1.807, 2.05) is 0 Å². The van der Waals surface area contributed by atoms with Crippen molar-refractivity contribution in [3.8, 4) is 11.5 Å². The van der Waals surface area contributed by atoms with Crippen molar-refractivity contribution in [3.63, 3.8) is 0 Å². The van der Waals surface area contributed by atoms with Gasteiger partial charge in [0.05, 0.1) is 18.4 Å². The average Bonchev–Trinajstić information content (AvgIpc) is 3.01. The van der Waals surface area contributed by atoms with E-state index in [4.69, 9.17) is 14.2 Å². The highest BCUT2D eigenvalue weighted by atomic mass is 16.7. The number of methoxy groups -OCH3 is 1. The number of rotatable bonds is 3. The lowest BCUT2D eigenvalue weighted by Gasteiger charge is -2.21. The van der Waals surface area contributed by atoms with Crippen molar-refractivity contribution in [1.82, 2.24) is 0 Å². The molecule has 22 heavy (non-hydrogen) atoms. The van der Waals surface area contributed by atoms with Gasteiger partial charge in [-0.2, -0.15) is 0 Å². The summed E-state index contributed by atoms with van der Waals surface area (Å²) in [6.45, 7) is 0.107. The summed E-state index contributed by atoms with van der Waals surface area (Å²) in [7, 11) is 1.31. The quantitative estimate of drug-likeness (QED) is 0.869. The van der Waals surface area contributed by atoms with Crippen LogP contribution in [0.4, 0.5) is 5.69 Å². The van der Waals surface area contributed by atoms with Gasteiger partial charge in [0, 0.05) is 18.1 Å². The Bertz CT molecular complexity index is 592. The van der Waals surface area contributed by atoms with Crippen LogP contribution < -0.4 is 14.8 Å². The summed E-state index contributed by atoms with van der Waals surface area (Å²) in [6, 6.07) is 3.17. The van der Waals surface area contributed by atoms with E-state index in [9.17, 15) is 9.59 Å². The molecule has 1 aliphatic heterocycles. The van der Waals surface area contributed by atoms with Crippen molar-refractivity contribution in [2.45, 2.75) is 32.1 Å². The van der Waals surface area contributed by atoms with Gasteiger partial charge in [0.1, 0.15) is 0 Å². The summed E-state index contributed by atoms with van der Waals surface area (Å²) in [5.41, 5.74) is 0.683. The number of ether oxygens (including phenoxy) is 3. The van der Waals surface area contributed by atoms with E-state index in [1.165, 1.54) is 13.5 Å². The van der Waals surface area contributed by atoms with Gasteiger partial charge >= 0.3 is 5.97 Å². The van der Waals surface area contributed by atoms with Gasteiger partial charge in [0.15, 0.2) is 11.5 Å². The first kappa shape index (κ1) is 14.7. The van der Waals surface area contributed by atoms with Crippen molar-refractivity contribution in [2.24, 2.45) is 5.92 Å².